The van der Waals surface area contributed by atoms with Crippen LogP contribution < -0.4 is 5.32 Å². The monoisotopic (exact) mass is 280 g/mol. The number of pyridine rings is 1. The molecule has 0 aliphatic heterocycles. The third kappa shape index (κ3) is 3.41. The number of aryl methyl sites for hydroxylation is 1. The van der Waals surface area contributed by atoms with Crippen LogP contribution in [0.5, 0.6) is 0 Å². The van der Waals surface area contributed by atoms with Crippen LogP contribution >= 0.6 is 11.8 Å². The normalized spacial score (nSPS) is 23.1. The highest BCUT2D eigenvalue weighted by molar-refractivity contribution is 7.99. The number of thioether (sulfide) groups is 1. The van der Waals surface area contributed by atoms with E-state index in [-0.39, 0.29) is 0 Å². The zero-order valence-corrected chi connectivity index (χ0v) is 12.2. The van der Waals surface area contributed by atoms with Gasteiger partial charge in [-0.2, -0.15) is 11.8 Å². The van der Waals surface area contributed by atoms with Crippen LogP contribution in [0, 0.1) is 6.92 Å². The molecule has 2 unspecified atom stereocenters. The Morgan fingerprint density at radius 1 is 1.53 bits per heavy atom. The number of aromatic nitrogens is 1. The summed E-state index contributed by atoms with van der Waals surface area (Å²) >= 11 is 1.90. The summed E-state index contributed by atoms with van der Waals surface area (Å²) in [5, 5.41) is 13.3. The third-order valence-corrected chi connectivity index (χ3v) is 4.77. The van der Waals surface area contributed by atoms with Crippen molar-refractivity contribution < 1.29 is 9.90 Å². The van der Waals surface area contributed by atoms with Crippen molar-refractivity contribution in [2.24, 2.45) is 0 Å². The molecule has 5 heteroatoms. The maximum absolute atomic E-state index is 11.3. The number of hydrogen-bond donors (Lipinski definition) is 2. The zero-order chi connectivity index (χ0) is 13.8. The molecule has 0 aromatic carbocycles. The van der Waals surface area contributed by atoms with Crippen molar-refractivity contribution in [3.8, 4) is 0 Å². The minimum absolute atomic E-state index is 0.300. The molecule has 2 atom stereocenters. The smallest absolute Gasteiger partial charge is 0.339 e. The summed E-state index contributed by atoms with van der Waals surface area (Å²) in [5.74, 6) is -0.399. The molecule has 0 bridgehead atoms. The lowest BCUT2D eigenvalue weighted by atomic mass is 9.94. The maximum Gasteiger partial charge on any atom is 0.339 e. The Labute approximate surface area is 118 Å². The topological polar surface area (TPSA) is 62.2 Å². The second-order valence-corrected chi connectivity index (χ2v) is 6.16. The molecule has 1 aromatic heterocycles. The van der Waals surface area contributed by atoms with Gasteiger partial charge in [0.05, 0.1) is 0 Å². The van der Waals surface area contributed by atoms with Crippen molar-refractivity contribution >= 4 is 23.5 Å². The molecule has 19 heavy (non-hydrogen) atoms. The predicted octanol–water partition coefficient (Wildman–Crippen LogP) is 3.17. The largest absolute Gasteiger partial charge is 0.478 e. The maximum atomic E-state index is 11.3. The molecule has 1 saturated carbocycles. The van der Waals surface area contributed by atoms with Crippen LogP contribution in [0.2, 0.25) is 0 Å². The van der Waals surface area contributed by atoms with Gasteiger partial charge in [0.15, 0.2) is 0 Å². The fraction of sp³-hybridized carbons (Fsp3) is 0.571. The molecule has 0 radical (unpaired) electrons. The lowest BCUT2D eigenvalue weighted by Crippen LogP contribution is -2.29. The summed E-state index contributed by atoms with van der Waals surface area (Å²) < 4.78 is 0. The third-order valence-electron chi connectivity index (χ3n) is 3.67. The first-order valence-electron chi connectivity index (χ1n) is 6.60. The van der Waals surface area contributed by atoms with Gasteiger partial charge in [0, 0.05) is 17.5 Å². The molecule has 4 nitrogen and oxygen atoms in total. The highest BCUT2D eigenvalue weighted by atomic mass is 32.2. The molecule has 0 spiro atoms. The molecule has 1 aromatic rings. The summed E-state index contributed by atoms with van der Waals surface area (Å²) in [5.41, 5.74) is 1.05. The molecule has 1 aliphatic carbocycles. The van der Waals surface area contributed by atoms with Crippen molar-refractivity contribution in [3.05, 3.63) is 23.4 Å². The van der Waals surface area contributed by atoms with Crippen molar-refractivity contribution in [2.45, 2.75) is 43.9 Å². The van der Waals surface area contributed by atoms with E-state index in [0.29, 0.717) is 22.7 Å². The Hall–Kier alpha value is -1.23. The van der Waals surface area contributed by atoms with Crippen LogP contribution in [-0.2, 0) is 0 Å². The Morgan fingerprint density at radius 3 is 3.00 bits per heavy atom. The molecule has 0 saturated heterocycles. The number of anilines is 1. The number of aromatic carboxylic acids is 1. The van der Waals surface area contributed by atoms with E-state index in [9.17, 15) is 9.90 Å². The van der Waals surface area contributed by atoms with Crippen molar-refractivity contribution in [3.63, 3.8) is 0 Å². The van der Waals surface area contributed by atoms with E-state index in [1.165, 1.54) is 12.8 Å². The Morgan fingerprint density at radius 2 is 2.32 bits per heavy atom. The summed E-state index contributed by atoms with van der Waals surface area (Å²) in [4.78, 5) is 15.5. The van der Waals surface area contributed by atoms with Gasteiger partial charge in [-0.3, -0.25) is 0 Å². The fourth-order valence-corrected chi connectivity index (χ4v) is 3.45. The summed E-state index contributed by atoms with van der Waals surface area (Å²) in [6, 6.07) is 2.07. The average molecular weight is 280 g/mol. The fourth-order valence-electron chi connectivity index (χ4n) is 2.62. The lowest BCUT2D eigenvalue weighted by molar-refractivity contribution is 0.0696. The minimum Gasteiger partial charge on any atom is -0.478 e. The lowest BCUT2D eigenvalue weighted by Gasteiger charge is -2.29. The van der Waals surface area contributed by atoms with E-state index in [2.05, 4.69) is 16.6 Å². The van der Waals surface area contributed by atoms with E-state index >= 15 is 0 Å². The molecule has 2 rings (SSSR count). The van der Waals surface area contributed by atoms with E-state index < -0.39 is 5.97 Å². The van der Waals surface area contributed by atoms with E-state index in [0.717, 1.165) is 18.4 Å². The number of nitrogens with zero attached hydrogens (tertiary/aromatic N) is 1. The van der Waals surface area contributed by atoms with Crippen molar-refractivity contribution in [1.29, 1.82) is 0 Å². The number of rotatable bonds is 4. The molecule has 1 fully saturated rings. The van der Waals surface area contributed by atoms with Crippen molar-refractivity contribution in [1.82, 2.24) is 4.98 Å². The van der Waals surface area contributed by atoms with Crippen LogP contribution in [0.1, 0.15) is 41.6 Å². The quantitative estimate of drug-likeness (QED) is 0.887. The molecule has 1 heterocycles. The number of carboxylic acid groups (broad SMARTS) is 1. The SMILES string of the molecule is CSC1CCCC(Nc2nccc(C)c2C(=O)O)C1. The average Bonchev–Trinajstić information content (AvgIpc) is 2.38. The van der Waals surface area contributed by atoms with Gasteiger partial charge in [-0.25, -0.2) is 9.78 Å². The Kier molecular flexibility index (Phi) is 4.69. The highest BCUT2D eigenvalue weighted by Gasteiger charge is 2.23. The molecule has 1 aliphatic rings. The number of carbonyl (C=O) groups is 1. The molecule has 0 amide bonds. The molecule has 2 N–H and O–H groups in total. The second kappa shape index (κ2) is 6.28. The second-order valence-electron chi connectivity index (χ2n) is 5.02. The van der Waals surface area contributed by atoms with E-state index in [1.807, 2.05) is 18.7 Å². The van der Waals surface area contributed by atoms with Gasteiger partial charge in [0.25, 0.3) is 0 Å². The highest BCUT2D eigenvalue weighted by Crippen LogP contribution is 2.29. The van der Waals surface area contributed by atoms with E-state index in [4.69, 9.17) is 0 Å². The predicted molar refractivity (Wildman–Crippen MR) is 79.1 cm³/mol. The number of carboxylic acids is 1. The first-order valence-corrected chi connectivity index (χ1v) is 7.89. The van der Waals surface area contributed by atoms with Crippen molar-refractivity contribution in [2.75, 3.05) is 11.6 Å². The van der Waals surface area contributed by atoms with Gasteiger partial charge < -0.3 is 10.4 Å². The molecular weight excluding hydrogens is 260 g/mol. The van der Waals surface area contributed by atoms with E-state index in [1.54, 1.807) is 12.3 Å². The van der Waals surface area contributed by atoms with Gasteiger partial charge in [-0.1, -0.05) is 6.42 Å². The Balaban J connectivity index is 2.14. The zero-order valence-electron chi connectivity index (χ0n) is 11.3. The Bertz CT molecular complexity index is 465. The van der Waals surface area contributed by atoms with Crippen LogP contribution in [0.3, 0.4) is 0 Å². The van der Waals surface area contributed by atoms with Gasteiger partial charge in [-0.15, -0.1) is 0 Å². The summed E-state index contributed by atoms with van der Waals surface area (Å²) in [6.45, 7) is 1.81. The minimum atomic E-state index is -0.912. The number of nitrogens with one attached hydrogen (secondary N) is 1. The standard InChI is InChI=1S/C14H20N2O2S/c1-9-6-7-15-13(12(9)14(17)18)16-10-4-3-5-11(8-10)19-2/h6-7,10-11H,3-5,8H2,1-2H3,(H,15,16)(H,17,18). The van der Waals surface area contributed by atoms with Crippen LogP contribution in [0.4, 0.5) is 5.82 Å². The molecule has 104 valence electrons. The van der Waals surface area contributed by atoms with Gasteiger partial charge in [-0.05, 0) is 44.1 Å². The van der Waals surface area contributed by atoms with Crippen LogP contribution in [0.25, 0.3) is 0 Å². The first-order chi connectivity index (χ1) is 9.11. The van der Waals surface area contributed by atoms with Gasteiger partial charge in [0.2, 0.25) is 0 Å². The summed E-state index contributed by atoms with van der Waals surface area (Å²) in [7, 11) is 0. The van der Waals surface area contributed by atoms with Gasteiger partial charge in [0.1, 0.15) is 11.4 Å². The first kappa shape index (κ1) is 14.2. The van der Waals surface area contributed by atoms with Gasteiger partial charge >= 0.3 is 5.97 Å². The molecular formula is C14H20N2O2S. The van der Waals surface area contributed by atoms with Crippen LogP contribution in [-0.4, -0.2) is 33.6 Å². The van der Waals surface area contributed by atoms with Crippen LogP contribution in [0.15, 0.2) is 12.3 Å². The summed E-state index contributed by atoms with van der Waals surface area (Å²) in [6.07, 6.45) is 8.42. The number of hydrogen-bond acceptors (Lipinski definition) is 4.